The lowest BCUT2D eigenvalue weighted by molar-refractivity contribution is -0.117. The van der Waals surface area contributed by atoms with Crippen molar-refractivity contribution in [1.29, 1.82) is 0 Å². The van der Waals surface area contributed by atoms with Crippen LogP contribution in [-0.2, 0) is 11.2 Å². The highest BCUT2D eigenvalue weighted by Gasteiger charge is 2.44. The summed E-state index contributed by atoms with van der Waals surface area (Å²) in [5.74, 6) is 1.16. The number of aromatic hydroxyl groups is 1. The molecular weight excluding hydrogens is 412 g/mol. The van der Waals surface area contributed by atoms with Crippen molar-refractivity contribution in [2.24, 2.45) is 11.8 Å². The second kappa shape index (κ2) is 10.5. The van der Waals surface area contributed by atoms with Gasteiger partial charge in [-0.15, -0.1) is 0 Å². The van der Waals surface area contributed by atoms with Crippen molar-refractivity contribution in [3.8, 4) is 11.5 Å². The zero-order chi connectivity index (χ0) is 23.4. The average Bonchev–Trinajstić information content (AvgIpc) is 2.79. The van der Waals surface area contributed by atoms with Gasteiger partial charge in [0.15, 0.2) is 5.78 Å². The van der Waals surface area contributed by atoms with E-state index >= 15 is 0 Å². The smallest absolute Gasteiger partial charge is 0.170 e. The van der Waals surface area contributed by atoms with Crippen LogP contribution in [0.1, 0.15) is 92.6 Å². The first-order valence-corrected chi connectivity index (χ1v) is 12.5. The van der Waals surface area contributed by atoms with Gasteiger partial charge in [0, 0.05) is 18.4 Å². The van der Waals surface area contributed by atoms with Gasteiger partial charge in [-0.05, 0) is 81.4 Å². The zero-order valence-corrected chi connectivity index (χ0v) is 19.9. The predicted octanol–water partition coefficient (Wildman–Crippen LogP) is 6.64. The summed E-state index contributed by atoms with van der Waals surface area (Å²) in [5.41, 5.74) is 2.75. The molecule has 0 aliphatic heterocycles. The van der Waals surface area contributed by atoms with Crippen molar-refractivity contribution < 1.29 is 19.4 Å². The molecule has 0 radical (unpaired) electrons. The summed E-state index contributed by atoms with van der Waals surface area (Å²) in [6.45, 7) is 3.65. The zero-order valence-electron chi connectivity index (χ0n) is 19.9. The normalized spacial score (nSPS) is 22.8. The second-order valence-corrected chi connectivity index (χ2v) is 9.98. The van der Waals surface area contributed by atoms with Gasteiger partial charge in [-0.25, -0.2) is 0 Å². The van der Waals surface area contributed by atoms with Gasteiger partial charge in [-0.1, -0.05) is 43.2 Å². The lowest BCUT2D eigenvalue weighted by Crippen LogP contribution is -2.37. The maximum atomic E-state index is 13.4. The molecule has 2 aromatic rings. The second-order valence-electron chi connectivity index (χ2n) is 9.98. The van der Waals surface area contributed by atoms with E-state index in [-0.39, 0.29) is 41.2 Å². The number of ether oxygens (including phenoxy) is 1. The van der Waals surface area contributed by atoms with Gasteiger partial charge in [-0.2, -0.15) is 0 Å². The van der Waals surface area contributed by atoms with E-state index in [1.165, 1.54) is 5.56 Å². The van der Waals surface area contributed by atoms with E-state index in [4.69, 9.17) is 4.74 Å². The number of Topliss-reactive ketones (excluding diaryl/α,β-unsaturated/α-hetero) is 2. The average molecular weight is 449 g/mol. The molecule has 4 heteroatoms. The Morgan fingerprint density at radius 2 is 1.91 bits per heavy atom. The molecule has 0 spiro atoms. The Labute approximate surface area is 197 Å². The highest BCUT2D eigenvalue weighted by molar-refractivity contribution is 6.03. The number of carbonyl (C=O) groups excluding carboxylic acids is 2. The topological polar surface area (TPSA) is 63.6 Å². The molecule has 1 fully saturated rings. The molecule has 176 valence electrons. The van der Waals surface area contributed by atoms with Crippen LogP contribution in [0, 0.1) is 11.8 Å². The molecule has 0 bridgehead atoms. The molecule has 1 unspecified atom stereocenters. The van der Waals surface area contributed by atoms with E-state index in [9.17, 15) is 14.7 Å². The number of fused-ring (bicyclic) bond motifs is 3. The molecule has 1 saturated carbocycles. The molecule has 0 heterocycles. The highest BCUT2D eigenvalue weighted by Crippen LogP contribution is 2.51. The Bertz CT molecular complexity index is 981. The molecule has 33 heavy (non-hydrogen) atoms. The minimum atomic E-state index is -0.165. The number of phenolic OH excluding ortho intramolecular Hbond substituents is 1. The van der Waals surface area contributed by atoms with Crippen LogP contribution >= 0.6 is 0 Å². The first-order valence-electron chi connectivity index (χ1n) is 12.5. The lowest BCUT2D eigenvalue weighted by atomic mass is 9.61. The Hall–Kier alpha value is -2.62. The number of rotatable bonds is 9. The summed E-state index contributed by atoms with van der Waals surface area (Å²) in [7, 11) is 0. The monoisotopic (exact) mass is 448 g/mol. The SMILES string of the molecule is CC(=O)CC[C@H]1C(=O)c2c(O)cc(OC(C)CCCc3ccccc3)cc2[C@H]2CCCC[C@H]21. The van der Waals surface area contributed by atoms with Crippen LogP contribution in [0.15, 0.2) is 42.5 Å². The summed E-state index contributed by atoms with van der Waals surface area (Å²) in [5, 5.41) is 10.9. The summed E-state index contributed by atoms with van der Waals surface area (Å²) >= 11 is 0. The molecular formula is C29H36O4. The first-order chi connectivity index (χ1) is 15.9. The Balaban J connectivity index is 1.49. The van der Waals surface area contributed by atoms with Crippen LogP contribution in [-0.4, -0.2) is 22.8 Å². The number of ketones is 2. The Kier molecular flexibility index (Phi) is 7.52. The molecule has 4 nitrogen and oxygen atoms in total. The van der Waals surface area contributed by atoms with Gasteiger partial charge < -0.3 is 14.6 Å². The van der Waals surface area contributed by atoms with Crippen molar-refractivity contribution in [2.75, 3.05) is 0 Å². The van der Waals surface area contributed by atoms with E-state index < -0.39 is 0 Å². The first kappa shape index (κ1) is 23.5. The van der Waals surface area contributed by atoms with Crippen molar-refractivity contribution in [3.63, 3.8) is 0 Å². The Morgan fingerprint density at radius 3 is 2.67 bits per heavy atom. The molecule has 0 amide bonds. The number of benzene rings is 2. The van der Waals surface area contributed by atoms with Crippen LogP contribution < -0.4 is 4.74 Å². The van der Waals surface area contributed by atoms with Gasteiger partial charge in [0.25, 0.3) is 0 Å². The van der Waals surface area contributed by atoms with Crippen LogP contribution in [0.25, 0.3) is 0 Å². The van der Waals surface area contributed by atoms with Crippen molar-refractivity contribution in [3.05, 3.63) is 59.2 Å². The molecule has 0 saturated heterocycles. The maximum absolute atomic E-state index is 13.4. The van der Waals surface area contributed by atoms with E-state index in [0.717, 1.165) is 50.5 Å². The van der Waals surface area contributed by atoms with Crippen LogP contribution in [0.4, 0.5) is 0 Å². The fraction of sp³-hybridized carbons (Fsp3) is 0.517. The van der Waals surface area contributed by atoms with Gasteiger partial charge >= 0.3 is 0 Å². The van der Waals surface area contributed by atoms with Crippen molar-refractivity contribution >= 4 is 11.6 Å². The van der Waals surface area contributed by atoms with Crippen LogP contribution in [0.5, 0.6) is 11.5 Å². The quantitative estimate of drug-likeness (QED) is 0.467. The van der Waals surface area contributed by atoms with E-state index in [0.29, 0.717) is 24.2 Å². The Morgan fingerprint density at radius 1 is 1.15 bits per heavy atom. The van der Waals surface area contributed by atoms with Gasteiger partial charge in [-0.3, -0.25) is 4.79 Å². The molecule has 1 N–H and O–H groups in total. The van der Waals surface area contributed by atoms with E-state index in [2.05, 4.69) is 31.2 Å². The number of aryl methyl sites for hydroxylation is 1. The number of hydrogen-bond donors (Lipinski definition) is 1. The van der Waals surface area contributed by atoms with Crippen molar-refractivity contribution in [2.45, 2.75) is 83.7 Å². The molecule has 2 aromatic carbocycles. The summed E-state index contributed by atoms with van der Waals surface area (Å²) < 4.78 is 6.20. The molecule has 2 aliphatic carbocycles. The third-order valence-electron chi connectivity index (χ3n) is 7.50. The standard InChI is InChI=1S/C29H36O4/c1-19(30)15-16-25-23-13-6-7-14-24(23)26-17-22(18-27(31)28(26)29(25)32)33-20(2)9-8-12-21-10-4-3-5-11-21/h3-5,10-11,17-18,20,23-25,31H,6-9,12-16H2,1-2H3/t20?,23-,24+,25-/m1/s1. The van der Waals surface area contributed by atoms with E-state index in [1.807, 2.05) is 12.1 Å². The fourth-order valence-electron chi connectivity index (χ4n) is 5.89. The molecule has 0 aromatic heterocycles. The van der Waals surface area contributed by atoms with Gasteiger partial charge in [0.2, 0.25) is 0 Å². The third kappa shape index (κ3) is 5.48. The minimum Gasteiger partial charge on any atom is -0.507 e. The fourth-order valence-corrected chi connectivity index (χ4v) is 5.89. The van der Waals surface area contributed by atoms with Crippen LogP contribution in [0.3, 0.4) is 0 Å². The minimum absolute atomic E-state index is 0.00867. The van der Waals surface area contributed by atoms with Gasteiger partial charge in [0.05, 0.1) is 11.7 Å². The number of carbonyl (C=O) groups is 2. The van der Waals surface area contributed by atoms with Crippen LogP contribution in [0.2, 0.25) is 0 Å². The number of phenols is 1. The maximum Gasteiger partial charge on any atom is 0.170 e. The molecule has 4 rings (SSSR count). The van der Waals surface area contributed by atoms with E-state index in [1.54, 1.807) is 13.0 Å². The predicted molar refractivity (Wildman–Crippen MR) is 130 cm³/mol. The molecule has 4 atom stereocenters. The summed E-state index contributed by atoms with van der Waals surface area (Å²) in [6, 6.07) is 14.1. The largest absolute Gasteiger partial charge is 0.507 e. The highest BCUT2D eigenvalue weighted by atomic mass is 16.5. The van der Waals surface area contributed by atoms with Gasteiger partial charge in [0.1, 0.15) is 17.3 Å². The van der Waals surface area contributed by atoms with Crippen molar-refractivity contribution in [1.82, 2.24) is 0 Å². The molecule has 2 aliphatic rings. The summed E-state index contributed by atoms with van der Waals surface area (Å²) in [6.07, 6.45) is 8.31. The lowest BCUT2D eigenvalue weighted by Gasteiger charge is -2.42. The number of hydrogen-bond acceptors (Lipinski definition) is 4. The summed E-state index contributed by atoms with van der Waals surface area (Å²) in [4.78, 5) is 25.0. The third-order valence-corrected chi connectivity index (χ3v) is 7.50.